The number of rotatable bonds is 9. The number of aromatic nitrogens is 1. The number of amides is 1. The summed E-state index contributed by atoms with van der Waals surface area (Å²) >= 11 is 0. The second-order valence-corrected chi connectivity index (χ2v) is 8.69. The quantitative estimate of drug-likeness (QED) is 0.604. The molecule has 2 saturated heterocycles. The van der Waals surface area contributed by atoms with E-state index in [0.29, 0.717) is 43.5 Å². The van der Waals surface area contributed by atoms with E-state index >= 15 is 0 Å². The van der Waals surface area contributed by atoms with Crippen molar-refractivity contribution in [2.75, 3.05) is 51.3 Å². The smallest absolute Gasteiger partial charge is 0.255 e. The molecule has 1 aromatic carbocycles. The third kappa shape index (κ3) is 5.73. The Labute approximate surface area is 186 Å². The van der Waals surface area contributed by atoms with Crippen molar-refractivity contribution in [2.24, 2.45) is 11.7 Å². The Morgan fingerprint density at radius 1 is 1.28 bits per heavy atom. The highest BCUT2D eigenvalue weighted by Crippen LogP contribution is 2.26. The summed E-state index contributed by atoms with van der Waals surface area (Å²) in [4.78, 5) is 15.0. The van der Waals surface area contributed by atoms with Gasteiger partial charge in [-0.1, -0.05) is 11.2 Å². The fourth-order valence-electron chi connectivity index (χ4n) is 4.55. The maximum atomic E-state index is 13.9. The molecule has 1 aromatic heterocycles. The molecule has 1 atom stereocenters. The Morgan fingerprint density at radius 2 is 2.09 bits per heavy atom. The highest BCUT2D eigenvalue weighted by molar-refractivity contribution is 5.88. The first-order valence-electron chi connectivity index (χ1n) is 11.2. The number of primary amides is 1. The number of alkyl halides is 2. The zero-order valence-corrected chi connectivity index (χ0v) is 18.1. The van der Waals surface area contributed by atoms with Crippen molar-refractivity contribution in [1.29, 1.82) is 0 Å². The van der Waals surface area contributed by atoms with Crippen molar-refractivity contribution >= 4 is 22.7 Å². The molecule has 0 aliphatic carbocycles. The topological polar surface area (TPSA) is 96.9 Å². The van der Waals surface area contributed by atoms with Crippen LogP contribution in [0.2, 0.25) is 0 Å². The van der Waals surface area contributed by atoms with Crippen LogP contribution in [0.3, 0.4) is 0 Å². The van der Waals surface area contributed by atoms with E-state index in [4.69, 9.17) is 15.0 Å². The molecule has 10 heteroatoms. The van der Waals surface area contributed by atoms with E-state index in [-0.39, 0.29) is 6.42 Å². The molecule has 0 saturated carbocycles. The molecular formula is C22H31F2N5O3. The number of carbonyl (C=O) groups excluding carboxylic acids is 1. The minimum Gasteiger partial charge on any atom is -0.381 e. The van der Waals surface area contributed by atoms with Crippen LogP contribution in [-0.2, 0) is 16.1 Å². The van der Waals surface area contributed by atoms with Gasteiger partial charge in [-0.15, -0.1) is 0 Å². The molecule has 2 aliphatic heterocycles. The zero-order valence-electron chi connectivity index (χ0n) is 18.1. The van der Waals surface area contributed by atoms with Gasteiger partial charge >= 0.3 is 0 Å². The maximum Gasteiger partial charge on any atom is 0.255 e. The van der Waals surface area contributed by atoms with Crippen LogP contribution in [-0.4, -0.2) is 79.3 Å². The number of halogens is 2. The summed E-state index contributed by atoms with van der Waals surface area (Å²) in [7, 11) is 0. The average molecular weight is 452 g/mol. The molecule has 0 radical (unpaired) electrons. The van der Waals surface area contributed by atoms with Gasteiger partial charge in [0.05, 0.1) is 11.4 Å². The Hall–Kier alpha value is -2.30. The third-order valence-corrected chi connectivity index (χ3v) is 6.35. The number of nitrogens with two attached hydrogens (primary N) is 1. The number of nitrogens with one attached hydrogen (secondary N) is 1. The molecule has 0 bridgehead atoms. The predicted molar refractivity (Wildman–Crippen MR) is 116 cm³/mol. The molecule has 2 fully saturated rings. The molecule has 2 aromatic rings. The highest BCUT2D eigenvalue weighted by Gasteiger charge is 2.34. The van der Waals surface area contributed by atoms with Gasteiger partial charge in [0.25, 0.3) is 6.43 Å². The first-order valence-corrected chi connectivity index (χ1v) is 11.2. The monoisotopic (exact) mass is 451 g/mol. The molecule has 8 nitrogen and oxygen atoms in total. The van der Waals surface area contributed by atoms with Crippen LogP contribution in [0.5, 0.6) is 0 Å². The minimum atomic E-state index is -2.38. The molecule has 0 unspecified atom stereocenters. The number of benzene rings is 1. The van der Waals surface area contributed by atoms with Crippen LogP contribution in [0.15, 0.2) is 22.7 Å². The van der Waals surface area contributed by atoms with Crippen LogP contribution in [0.25, 0.3) is 11.0 Å². The molecule has 176 valence electrons. The summed E-state index contributed by atoms with van der Waals surface area (Å²) in [6, 6.07) is 4.98. The lowest BCUT2D eigenvalue weighted by Gasteiger charge is -2.42. The molecule has 4 rings (SSSR count). The number of fused-ring (bicyclic) bond motifs is 1. The standard InChI is InChI=1S/C22H31F2N5O3/c23-21(24)18-14-28(7-8-29(18)13-15-4-9-31-10-5-15)12-16-1-2-19-17(11-16)22(27-32-19)26-6-3-20(25)30/h1-2,11,15,18,21H,3-10,12-14H2,(H2,25,30)(H,26,27)/t18-/m1/s1. The van der Waals surface area contributed by atoms with Gasteiger partial charge in [0.1, 0.15) is 0 Å². The Bertz CT molecular complexity index is 903. The van der Waals surface area contributed by atoms with E-state index in [2.05, 4.69) is 15.4 Å². The van der Waals surface area contributed by atoms with Gasteiger partial charge in [-0.25, -0.2) is 8.78 Å². The molecular weight excluding hydrogens is 420 g/mol. The van der Waals surface area contributed by atoms with Gasteiger partial charge in [0.15, 0.2) is 11.4 Å². The van der Waals surface area contributed by atoms with Gasteiger partial charge < -0.3 is 20.3 Å². The number of anilines is 1. The van der Waals surface area contributed by atoms with Crippen molar-refractivity contribution < 1.29 is 22.8 Å². The van der Waals surface area contributed by atoms with Crippen LogP contribution in [0, 0.1) is 5.92 Å². The summed E-state index contributed by atoms with van der Waals surface area (Å²) in [5.74, 6) is 0.596. The summed E-state index contributed by atoms with van der Waals surface area (Å²) in [6.07, 6.45) is -0.282. The van der Waals surface area contributed by atoms with E-state index < -0.39 is 18.4 Å². The Kier molecular flexibility index (Phi) is 7.54. The van der Waals surface area contributed by atoms with E-state index in [1.165, 1.54) is 0 Å². The maximum absolute atomic E-state index is 13.9. The minimum absolute atomic E-state index is 0.196. The molecule has 0 spiro atoms. The Balaban J connectivity index is 1.38. The Morgan fingerprint density at radius 3 is 2.84 bits per heavy atom. The first-order chi connectivity index (χ1) is 15.5. The summed E-state index contributed by atoms with van der Waals surface area (Å²) in [5, 5.41) is 7.88. The summed E-state index contributed by atoms with van der Waals surface area (Å²) in [6.45, 7) is 4.86. The molecule has 2 aliphatic rings. The zero-order chi connectivity index (χ0) is 22.5. The molecule has 32 heavy (non-hydrogen) atoms. The number of carbonyl (C=O) groups is 1. The van der Waals surface area contributed by atoms with Crippen LogP contribution >= 0.6 is 0 Å². The first kappa shape index (κ1) is 22.9. The third-order valence-electron chi connectivity index (χ3n) is 6.35. The summed E-state index contributed by atoms with van der Waals surface area (Å²) < 4.78 is 38.5. The van der Waals surface area contributed by atoms with E-state index in [1.807, 2.05) is 23.1 Å². The van der Waals surface area contributed by atoms with Crippen molar-refractivity contribution in [2.45, 2.75) is 38.3 Å². The van der Waals surface area contributed by atoms with Gasteiger partial charge in [-0.2, -0.15) is 0 Å². The van der Waals surface area contributed by atoms with Crippen LogP contribution < -0.4 is 11.1 Å². The van der Waals surface area contributed by atoms with Gasteiger partial charge in [0, 0.05) is 58.9 Å². The van der Waals surface area contributed by atoms with Gasteiger partial charge in [-0.05, 0) is 36.5 Å². The number of ether oxygens (including phenoxy) is 1. The van der Waals surface area contributed by atoms with Crippen LogP contribution in [0.4, 0.5) is 14.6 Å². The van der Waals surface area contributed by atoms with Crippen molar-refractivity contribution in [3.63, 3.8) is 0 Å². The fraction of sp³-hybridized carbons (Fsp3) is 0.636. The number of nitrogens with zero attached hydrogens (tertiary/aromatic N) is 3. The molecule has 3 N–H and O–H groups in total. The van der Waals surface area contributed by atoms with Gasteiger partial charge in [-0.3, -0.25) is 14.6 Å². The lowest BCUT2D eigenvalue weighted by atomic mass is 9.98. The molecule has 3 heterocycles. The van der Waals surface area contributed by atoms with Crippen LogP contribution in [0.1, 0.15) is 24.8 Å². The number of piperazine rings is 1. The van der Waals surface area contributed by atoms with E-state index in [9.17, 15) is 13.6 Å². The molecule has 1 amide bonds. The second kappa shape index (κ2) is 10.5. The second-order valence-electron chi connectivity index (χ2n) is 8.69. The number of hydrogen-bond donors (Lipinski definition) is 2. The average Bonchev–Trinajstić information content (AvgIpc) is 3.17. The predicted octanol–water partition coefficient (Wildman–Crippen LogP) is 2.29. The number of hydrogen-bond acceptors (Lipinski definition) is 7. The van der Waals surface area contributed by atoms with Crippen molar-refractivity contribution in [3.05, 3.63) is 23.8 Å². The summed E-state index contributed by atoms with van der Waals surface area (Å²) in [5.41, 5.74) is 6.81. The van der Waals surface area contributed by atoms with Crippen molar-refractivity contribution in [3.8, 4) is 0 Å². The van der Waals surface area contributed by atoms with Gasteiger partial charge in [0.2, 0.25) is 5.91 Å². The van der Waals surface area contributed by atoms with Crippen molar-refractivity contribution in [1.82, 2.24) is 15.0 Å². The van der Waals surface area contributed by atoms with E-state index in [1.54, 1.807) is 0 Å². The fourth-order valence-corrected chi connectivity index (χ4v) is 4.55. The lowest BCUT2D eigenvalue weighted by Crippen LogP contribution is -2.56. The highest BCUT2D eigenvalue weighted by atomic mass is 19.3. The largest absolute Gasteiger partial charge is 0.381 e. The SMILES string of the molecule is NC(=O)CCNc1noc2ccc(CN3CCN(CC4CCOCC4)[C@@H](C(F)F)C3)cc12. The van der Waals surface area contributed by atoms with E-state index in [0.717, 1.165) is 50.1 Å². The normalized spacial score (nSPS) is 21.4. The lowest BCUT2D eigenvalue weighted by molar-refractivity contribution is -0.117.